The van der Waals surface area contributed by atoms with Gasteiger partial charge in [-0.25, -0.2) is 4.79 Å². The number of methoxy groups -OCH3 is 1. The number of rotatable bonds is 7. The molecule has 1 aromatic carbocycles. The van der Waals surface area contributed by atoms with Gasteiger partial charge in [-0.1, -0.05) is 6.07 Å². The topological polar surface area (TPSA) is 75.5 Å². The average Bonchev–Trinajstić information content (AvgIpc) is 2.87. The van der Waals surface area contributed by atoms with Gasteiger partial charge >= 0.3 is 6.03 Å². The second-order valence-corrected chi connectivity index (χ2v) is 5.29. The number of hydrogen-bond acceptors (Lipinski definition) is 3. The number of hydrogen-bond donors (Lipinski definition) is 3. The molecule has 1 heterocycles. The van der Waals surface area contributed by atoms with E-state index in [1.807, 2.05) is 37.4 Å². The minimum Gasteiger partial charge on any atom is -0.396 e. The Labute approximate surface area is 130 Å². The highest BCUT2D eigenvalue weighted by Gasteiger charge is 2.08. The van der Waals surface area contributed by atoms with Gasteiger partial charge in [-0.2, -0.15) is 0 Å². The Morgan fingerprint density at radius 2 is 2.23 bits per heavy atom. The highest BCUT2D eigenvalue weighted by molar-refractivity contribution is 5.92. The number of nitrogens with zero attached hydrogens (tertiary/aromatic N) is 1. The number of aliphatic hydroxyl groups is 1. The number of carbonyl (C=O) groups excluding carboxylic acids is 1. The molecule has 0 radical (unpaired) electrons. The summed E-state index contributed by atoms with van der Waals surface area (Å²) in [7, 11) is 1.68. The molecule has 2 amide bonds. The molecule has 1 unspecified atom stereocenters. The molecule has 0 saturated carbocycles. The van der Waals surface area contributed by atoms with Crippen LogP contribution in [0.5, 0.6) is 0 Å². The molecular weight excluding hydrogens is 282 g/mol. The van der Waals surface area contributed by atoms with Gasteiger partial charge in [0.2, 0.25) is 0 Å². The summed E-state index contributed by atoms with van der Waals surface area (Å²) in [5, 5.41) is 15.6. The van der Waals surface area contributed by atoms with Crippen LogP contribution in [0.2, 0.25) is 0 Å². The second kappa shape index (κ2) is 7.82. The quantitative estimate of drug-likeness (QED) is 0.734. The zero-order valence-electron chi connectivity index (χ0n) is 13.0. The Morgan fingerprint density at radius 3 is 2.95 bits per heavy atom. The van der Waals surface area contributed by atoms with Gasteiger partial charge in [0.05, 0.1) is 12.1 Å². The Hall–Kier alpha value is -2.05. The molecule has 22 heavy (non-hydrogen) atoms. The van der Waals surface area contributed by atoms with E-state index in [0.717, 1.165) is 23.1 Å². The minimum atomic E-state index is -0.268. The Balaban J connectivity index is 2.06. The molecule has 0 spiro atoms. The van der Waals surface area contributed by atoms with Gasteiger partial charge in [0.25, 0.3) is 0 Å². The van der Waals surface area contributed by atoms with Crippen LogP contribution in [-0.2, 0) is 11.3 Å². The van der Waals surface area contributed by atoms with Crippen molar-refractivity contribution in [2.24, 2.45) is 0 Å². The van der Waals surface area contributed by atoms with Crippen molar-refractivity contribution in [2.45, 2.75) is 25.9 Å². The standard InChI is InChI=1S/C16H23N3O3/c1-12(6-9-20)17-16(21)18-14-4-3-13-5-7-19(8-10-22-2)15(13)11-14/h3-5,7,11-12,20H,6,8-10H2,1-2H3,(H2,17,18,21). The Bertz CT molecular complexity index is 624. The summed E-state index contributed by atoms with van der Waals surface area (Å²) < 4.78 is 7.20. The van der Waals surface area contributed by atoms with Crippen molar-refractivity contribution >= 4 is 22.6 Å². The number of aromatic nitrogens is 1. The van der Waals surface area contributed by atoms with Crippen LogP contribution in [0.3, 0.4) is 0 Å². The third-order valence-electron chi connectivity index (χ3n) is 3.51. The van der Waals surface area contributed by atoms with Crippen LogP contribution in [0, 0.1) is 0 Å². The minimum absolute atomic E-state index is 0.0560. The number of carbonyl (C=O) groups is 1. The number of aliphatic hydroxyl groups excluding tert-OH is 1. The van der Waals surface area contributed by atoms with Crippen molar-refractivity contribution in [3.05, 3.63) is 30.5 Å². The number of ether oxygens (including phenoxy) is 1. The molecule has 120 valence electrons. The molecule has 0 saturated heterocycles. The number of benzene rings is 1. The fourth-order valence-electron chi connectivity index (χ4n) is 2.30. The first kappa shape index (κ1) is 16.3. The summed E-state index contributed by atoms with van der Waals surface area (Å²) >= 11 is 0. The predicted octanol–water partition coefficient (Wildman–Crippen LogP) is 2.18. The van der Waals surface area contributed by atoms with Crippen LogP contribution in [-0.4, -0.2) is 42.1 Å². The predicted molar refractivity (Wildman–Crippen MR) is 87.1 cm³/mol. The highest BCUT2D eigenvalue weighted by atomic mass is 16.5. The average molecular weight is 305 g/mol. The fourth-order valence-corrected chi connectivity index (χ4v) is 2.30. The van der Waals surface area contributed by atoms with Crippen molar-refractivity contribution in [3.8, 4) is 0 Å². The molecule has 3 N–H and O–H groups in total. The summed E-state index contributed by atoms with van der Waals surface area (Å²) in [5.74, 6) is 0. The normalized spacial score (nSPS) is 12.3. The lowest BCUT2D eigenvalue weighted by Crippen LogP contribution is -2.36. The van der Waals surface area contributed by atoms with Gasteiger partial charge in [0.1, 0.15) is 0 Å². The van der Waals surface area contributed by atoms with Gasteiger partial charge in [-0.05, 0) is 36.9 Å². The highest BCUT2D eigenvalue weighted by Crippen LogP contribution is 2.20. The summed E-state index contributed by atoms with van der Waals surface area (Å²) in [5.41, 5.74) is 1.79. The first-order valence-corrected chi connectivity index (χ1v) is 7.40. The lowest BCUT2D eigenvalue weighted by molar-refractivity contribution is 0.188. The van der Waals surface area contributed by atoms with Crippen LogP contribution in [0.15, 0.2) is 30.5 Å². The van der Waals surface area contributed by atoms with Gasteiger partial charge in [-0.15, -0.1) is 0 Å². The number of urea groups is 1. The summed E-state index contributed by atoms with van der Waals surface area (Å²) in [4.78, 5) is 11.9. The zero-order valence-corrected chi connectivity index (χ0v) is 13.0. The molecule has 2 rings (SSSR count). The second-order valence-electron chi connectivity index (χ2n) is 5.29. The van der Waals surface area contributed by atoms with Gasteiger partial charge < -0.3 is 25.0 Å². The third-order valence-corrected chi connectivity index (χ3v) is 3.51. The molecular formula is C16H23N3O3. The van der Waals surface area contributed by atoms with Crippen molar-refractivity contribution in [3.63, 3.8) is 0 Å². The maximum absolute atomic E-state index is 11.9. The maximum atomic E-state index is 11.9. The molecule has 6 heteroatoms. The first-order chi connectivity index (χ1) is 10.6. The lowest BCUT2D eigenvalue weighted by atomic mass is 10.2. The fraction of sp³-hybridized carbons (Fsp3) is 0.438. The summed E-state index contributed by atoms with van der Waals surface area (Å²) in [6.45, 7) is 3.32. The van der Waals surface area contributed by atoms with E-state index in [-0.39, 0.29) is 18.7 Å². The third kappa shape index (κ3) is 4.22. The monoisotopic (exact) mass is 305 g/mol. The van der Waals surface area contributed by atoms with Crippen molar-refractivity contribution in [2.75, 3.05) is 25.6 Å². The van der Waals surface area contributed by atoms with Crippen molar-refractivity contribution in [1.82, 2.24) is 9.88 Å². The number of anilines is 1. The van der Waals surface area contributed by atoms with E-state index >= 15 is 0 Å². The lowest BCUT2D eigenvalue weighted by Gasteiger charge is -2.13. The van der Waals surface area contributed by atoms with E-state index in [9.17, 15) is 4.79 Å². The smallest absolute Gasteiger partial charge is 0.319 e. The largest absolute Gasteiger partial charge is 0.396 e. The molecule has 0 aliphatic heterocycles. The van der Waals surface area contributed by atoms with Gasteiger partial charge in [0.15, 0.2) is 0 Å². The van der Waals surface area contributed by atoms with Crippen LogP contribution >= 0.6 is 0 Å². The van der Waals surface area contributed by atoms with Gasteiger partial charge in [0, 0.05) is 38.2 Å². The molecule has 1 aromatic heterocycles. The van der Waals surface area contributed by atoms with E-state index in [1.165, 1.54) is 0 Å². The van der Waals surface area contributed by atoms with E-state index in [4.69, 9.17) is 9.84 Å². The van der Waals surface area contributed by atoms with E-state index < -0.39 is 0 Å². The van der Waals surface area contributed by atoms with E-state index in [1.54, 1.807) is 7.11 Å². The molecule has 1 atom stereocenters. The van der Waals surface area contributed by atoms with Crippen molar-refractivity contribution in [1.29, 1.82) is 0 Å². The molecule has 0 aliphatic carbocycles. The van der Waals surface area contributed by atoms with E-state index in [2.05, 4.69) is 15.2 Å². The summed E-state index contributed by atoms with van der Waals surface area (Å²) in [6.07, 6.45) is 2.54. The SMILES string of the molecule is COCCn1ccc2ccc(NC(=O)NC(C)CCO)cc21. The number of fused-ring (bicyclic) bond motifs is 1. The number of nitrogens with one attached hydrogen (secondary N) is 2. The molecule has 0 bridgehead atoms. The number of amides is 2. The van der Waals surface area contributed by atoms with Crippen LogP contribution < -0.4 is 10.6 Å². The molecule has 0 fully saturated rings. The maximum Gasteiger partial charge on any atom is 0.319 e. The molecule has 6 nitrogen and oxygen atoms in total. The van der Waals surface area contributed by atoms with Crippen LogP contribution in [0.1, 0.15) is 13.3 Å². The summed E-state index contributed by atoms with van der Waals surface area (Å²) in [6, 6.07) is 7.50. The van der Waals surface area contributed by atoms with Crippen LogP contribution in [0.25, 0.3) is 10.9 Å². The van der Waals surface area contributed by atoms with Gasteiger partial charge in [-0.3, -0.25) is 0 Å². The molecule has 2 aromatic rings. The Morgan fingerprint density at radius 1 is 1.41 bits per heavy atom. The van der Waals surface area contributed by atoms with Crippen LogP contribution in [0.4, 0.5) is 10.5 Å². The zero-order chi connectivity index (χ0) is 15.9. The van der Waals surface area contributed by atoms with E-state index in [0.29, 0.717) is 13.0 Å². The van der Waals surface area contributed by atoms with Crippen molar-refractivity contribution < 1.29 is 14.6 Å². The molecule has 0 aliphatic rings. The first-order valence-electron chi connectivity index (χ1n) is 7.40. The Kier molecular flexibility index (Phi) is 5.80.